The lowest BCUT2D eigenvalue weighted by atomic mass is 9.79. The highest BCUT2D eigenvalue weighted by atomic mass is 14.7. The molecule has 0 spiro atoms. The lowest BCUT2D eigenvalue weighted by Gasteiger charge is -2.32. The summed E-state index contributed by atoms with van der Waals surface area (Å²) in [4.78, 5) is 0. The third kappa shape index (κ3) is 3.57. The summed E-state index contributed by atoms with van der Waals surface area (Å²) in [6.45, 7) is 11.1. The molecule has 0 aromatic heterocycles. The van der Waals surface area contributed by atoms with Crippen molar-refractivity contribution in [3.8, 4) is 0 Å². The van der Waals surface area contributed by atoms with Crippen LogP contribution in [0.25, 0.3) is 0 Å². The first kappa shape index (κ1) is 12.0. The molecule has 1 unspecified atom stereocenters. The van der Waals surface area contributed by atoms with E-state index < -0.39 is 0 Å². The number of nitrogens with two attached hydrogens (primary N) is 1. The Bertz CT molecular complexity index is 112. The summed E-state index contributed by atoms with van der Waals surface area (Å²) < 4.78 is 0. The third-order valence-electron chi connectivity index (χ3n) is 3.20. The van der Waals surface area contributed by atoms with Crippen molar-refractivity contribution in [1.82, 2.24) is 0 Å². The number of hydrogen-bond donors (Lipinski definition) is 1. The molecule has 0 fully saturated rings. The van der Waals surface area contributed by atoms with Crippen molar-refractivity contribution < 1.29 is 0 Å². The predicted molar refractivity (Wildman–Crippen MR) is 56.1 cm³/mol. The minimum absolute atomic E-state index is 0.0245. The fourth-order valence-electron chi connectivity index (χ4n) is 1.44. The zero-order valence-electron chi connectivity index (χ0n) is 9.35. The van der Waals surface area contributed by atoms with Crippen LogP contribution >= 0.6 is 0 Å². The van der Waals surface area contributed by atoms with E-state index in [1.54, 1.807) is 0 Å². The van der Waals surface area contributed by atoms with Gasteiger partial charge in [0, 0.05) is 5.54 Å². The van der Waals surface area contributed by atoms with Gasteiger partial charge >= 0.3 is 0 Å². The van der Waals surface area contributed by atoms with Gasteiger partial charge in [0.2, 0.25) is 0 Å². The Balaban J connectivity index is 4.02. The SMILES string of the molecule is CCC(CC)CC(C)(N)C(C)C. The maximum Gasteiger partial charge on any atom is 0.0151 e. The fourth-order valence-corrected chi connectivity index (χ4v) is 1.44. The summed E-state index contributed by atoms with van der Waals surface area (Å²) in [5.41, 5.74) is 6.24. The molecule has 0 radical (unpaired) electrons. The second-order valence-electron chi connectivity index (χ2n) is 4.55. The molecule has 0 aliphatic heterocycles. The minimum Gasteiger partial charge on any atom is -0.325 e. The number of hydrogen-bond acceptors (Lipinski definition) is 1. The van der Waals surface area contributed by atoms with E-state index in [0.29, 0.717) is 5.92 Å². The van der Waals surface area contributed by atoms with Gasteiger partial charge in [-0.05, 0) is 25.2 Å². The van der Waals surface area contributed by atoms with Crippen LogP contribution in [0, 0.1) is 11.8 Å². The van der Waals surface area contributed by atoms with Crippen LogP contribution in [0.15, 0.2) is 0 Å². The van der Waals surface area contributed by atoms with E-state index in [9.17, 15) is 0 Å². The van der Waals surface area contributed by atoms with Crippen LogP contribution in [0.3, 0.4) is 0 Å². The van der Waals surface area contributed by atoms with Crippen molar-refractivity contribution in [3.05, 3.63) is 0 Å². The fraction of sp³-hybridized carbons (Fsp3) is 1.00. The summed E-state index contributed by atoms with van der Waals surface area (Å²) >= 11 is 0. The average molecular weight is 171 g/mol. The van der Waals surface area contributed by atoms with Gasteiger partial charge in [-0.3, -0.25) is 0 Å². The summed E-state index contributed by atoms with van der Waals surface area (Å²) in [5.74, 6) is 1.39. The van der Waals surface area contributed by atoms with Crippen LogP contribution in [-0.4, -0.2) is 5.54 Å². The van der Waals surface area contributed by atoms with Crippen molar-refractivity contribution in [2.75, 3.05) is 0 Å². The van der Waals surface area contributed by atoms with Crippen molar-refractivity contribution >= 4 is 0 Å². The molecule has 0 heterocycles. The molecule has 0 rings (SSSR count). The summed E-state index contributed by atoms with van der Waals surface area (Å²) in [5, 5.41) is 0. The van der Waals surface area contributed by atoms with Gasteiger partial charge in [-0.15, -0.1) is 0 Å². The van der Waals surface area contributed by atoms with Gasteiger partial charge in [-0.25, -0.2) is 0 Å². The Morgan fingerprint density at radius 1 is 1.17 bits per heavy atom. The van der Waals surface area contributed by atoms with Gasteiger partial charge in [-0.2, -0.15) is 0 Å². The van der Waals surface area contributed by atoms with Gasteiger partial charge in [-0.1, -0.05) is 40.5 Å². The van der Waals surface area contributed by atoms with E-state index in [-0.39, 0.29) is 5.54 Å². The van der Waals surface area contributed by atoms with Crippen molar-refractivity contribution in [1.29, 1.82) is 0 Å². The normalized spacial score (nSPS) is 17.0. The van der Waals surface area contributed by atoms with Gasteiger partial charge in [0.1, 0.15) is 0 Å². The van der Waals surface area contributed by atoms with Crippen molar-refractivity contribution in [2.45, 2.75) is 59.4 Å². The average Bonchev–Trinajstić information content (AvgIpc) is 2.00. The van der Waals surface area contributed by atoms with E-state index in [0.717, 1.165) is 12.3 Å². The first-order valence-corrected chi connectivity index (χ1v) is 5.22. The van der Waals surface area contributed by atoms with Gasteiger partial charge in [0.25, 0.3) is 0 Å². The molecule has 12 heavy (non-hydrogen) atoms. The Morgan fingerprint density at radius 2 is 1.58 bits per heavy atom. The Hall–Kier alpha value is -0.0400. The molecule has 0 bridgehead atoms. The van der Waals surface area contributed by atoms with Gasteiger partial charge in [0.15, 0.2) is 0 Å². The molecule has 1 nitrogen and oxygen atoms in total. The summed E-state index contributed by atoms with van der Waals surface area (Å²) in [7, 11) is 0. The topological polar surface area (TPSA) is 26.0 Å². The second-order valence-corrected chi connectivity index (χ2v) is 4.55. The van der Waals surface area contributed by atoms with Crippen LogP contribution in [0.2, 0.25) is 0 Å². The molecule has 0 aromatic rings. The quantitative estimate of drug-likeness (QED) is 0.675. The maximum absolute atomic E-state index is 6.21. The first-order chi connectivity index (χ1) is 5.44. The van der Waals surface area contributed by atoms with Crippen molar-refractivity contribution in [2.24, 2.45) is 17.6 Å². The molecule has 1 heteroatoms. The Labute approximate surface area is 77.7 Å². The van der Waals surface area contributed by atoms with Crippen molar-refractivity contribution in [3.63, 3.8) is 0 Å². The van der Waals surface area contributed by atoms with Crippen LogP contribution in [-0.2, 0) is 0 Å². The molecule has 0 saturated heterocycles. The number of rotatable bonds is 5. The Morgan fingerprint density at radius 3 is 1.83 bits per heavy atom. The summed E-state index contributed by atoms with van der Waals surface area (Å²) in [6.07, 6.45) is 3.68. The lowest BCUT2D eigenvalue weighted by molar-refractivity contribution is 0.255. The highest BCUT2D eigenvalue weighted by molar-refractivity contribution is 4.84. The second kappa shape index (κ2) is 4.86. The molecule has 0 aromatic carbocycles. The Kier molecular flexibility index (Phi) is 4.84. The molecule has 0 aliphatic rings. The molecule has 0 saturated carbocycles. The van der Waals surface area contributed by atoms with E-state index >= 15 is 0 Å². The van der Waals surface area contributed by atoms with E-state index in [4.69, 9.17) is 5.73 Å². The highest BCUT2D eigenvalue weighted by Crippen LogP contribution is 2.25. The smallest absolute Gasteiger partial charge is 0.0151 e. The molecule has 0 amide bonds. The van der Waals surface area contributed by atoms with Gasteiger partial charge in [0.05, 0.1) is 0 Å². The molecule has 74 valence electrons. The standard InChI is InChI=1S/C11H25N/c1-6-10(7-2)8-11(5,12)9(3)4/h9-10H,6-8,12H2,1-5H3. The zero-order valence-corrected chi connectivity index (χ0v) is 9.35. The monoisotopic (exact) mass is 171 g/mol. The minimum atomic E-state index is 0.0245. The highest BCUT2D eigenvalue weighted by Gasteiger charge is 2.25. The van der Waals surface area contributed by atoms with Crippen LogP contribution in [0.4, 0.5) is 0 Å². The van der Waals surface area contributed by atoms with Crippen LogP contribution < -0.4 is 5.73 Å². The van der Waals surface area contributed by atoms with Crippen LogP contribution in [0.5, 0.6) is 0 Å². The molecule has 0 aliphatic carbocycles. The molecule has 1 atom stereocenters. The molecular weight excluding hydrogens is 146 g/mol. The third-order valence-corrected chi connectivity index (χ3v) is 3.20. The van der Waals surface area contributed by atoms with E-state index in [1.807, 2.05) is 0 Å². The predicted octanol–water partition coefficient (Wildman–Crippen LogP) is 3.19. The lowest BCUT2D eigenvalue weighted by Crippen LogP contribution is -2.43. The van der Waals surface area contributed by atoms with Gasteiger partial charge < -0.3 is 5.73 Å². The molecule has 2 N–H and O–H groups in total. The zero-order chi connectivity index (χ0) is 9.78. The first-order valence-electron chi connectivity index (χ1n) is 5.22. The van der Waals surface area contributed by atoms with E-state index in [2.05, 4.69) is 34.6 Å². The van der Waals surface area contributed by atoms with Crippen LogP contribution in [0.1, 0.15) is 53.9 Å². The largest absolute Gasteiger partial charge is 0.325 e. The molecular formula is C11H25N. The maximum atomic E-state index is 6.21. The summed E-state index contributed by atoms with van der Waals surface area (Å²) in [6, 6.07) is 0. The van der Waals surface area contributed by atoms with E-state index in [1.165, 1.54) is 12.8 Å².